The molecular formula is C22H21F2NO2S. The number of hydrogen-bond acceptors (Lipinski definition) is 3. The van der Waals surface area contributed by atoms with Gasteiger partial charge in [0.15, 0.2) is 0 Å². The maximum absolute atomic E-state index is 13.6. The van der Waals surface area contributed by atoms with Gasteiger partial charge in [0.1, 0.15) is 0 Å². The molecule has 1 aromatic heterocycles. The van der Waals surface area contributed by atoms with Crippen LogP contribution in [0.5, 0.6) is 0 Å². The van der Waals surface area contributed by atoms with E-state index in [1.54, 1.807) is 12.1 Å². The number of nitrogens with zero attached hydrogens (tertiary/aromatic N) is 1. The van der Waals surface area contributed by atoms with Crippen LogP contribution in [-0.2, 0) is 5.92 Å². The highest BCUT2D eigenvalue weighted by molar-refractivity contribution is 7.17. The number of carboxylic acids is 1. The van der Waals surface area contributed by atoms with Gasteiger partial charge in [-0.3, -0.25) is 0 Å². The smallest absolute Gasteiger partial charge is 0.337 e. The first-order valence-electron chi connectivity index (χ1n) is 9.37. The van der Waals surface area contributed by atoms with Gasteiger partial charge in [-0.1, -0.05) is 18.2 Å². The summed E-state index contributed by atoms with van der Waals surface area (Å²) >= 11 is 1.39. The molecule has 0 aliphatic carbocycles. The molecule has 0 amide bonds. The summed E-state index contributed by atoms with van der Waals surface area (Å²) in [4.78, 5) is 14.0. The fraction of sp³-hybridized carbons (Fsp3) is 0.318. The lowest BCUT2D eigenvalue weighted by atomic mass is 9.98. The number of alkyl halides is 2. The number of carbonyl (C=O) groups is 1. The van der Waals surface area contributed by atoms with E-state index in [4.69, 9.17) is 0 Å². The molecule has 3 nitrogen and oxygen atoms in total. The van der Waals surface area contributed by atoms with Crippen molar-refractivity contribution in [2.24, 2.45) is 0 Å². The third-order valence-electron chi connectivity index (χ3n) is 5.32. The Kier molecular flexibility index (Phi) is 4.83. The molecule has 0 saturated carbocycles. The maximum Gasteiger partial charge on any atom is 0.337 e. The van der Waals surface area contributed by atoms with Crippen molar-refractivity contribution in [3.8, 4) is 11.1 Å². The summed E-state index contributed by atoms with van der Waals surface area (Å²) < 4.78 is 28.0. The van der Waals surface area contributed by atoms with Crippen LogP contribution in [0, 0.1) is 0 Å². The van der Waals surface area contributed by atoms with Crippen LogP contribution in [0.15, 0.2) is 41.8 Å². The lowest BCUT2D eigenvalue weighted by Crippen LogP contribution is -2.30. The topological polar surface area (TPSA) is 40.5 Å². The molecule has 4 rings (SSSR count). The molecule has 1 saturated heterocycles. The van der Waals surface area contributed by atoms with Crippen LogP contribution in [0.3, 0.4) is 0 Å². The Hall–Kier alpha value is -2.47. The van der Waals surface area contributed by atoms with Crippen LogP contribution in [0.4, 0.5) is 14.5 Å². The second kappa shape index (κ2) is 7.17. The fourth-order valence-electron chi connectivity index (χ4n) is 3.81. The van der Waals surface area contributed by atoms with Gasteiger partial charge in [0.2, 0.25) is 0 Å². The van der Waals surface area contributed by atoms with Crippen molar-refractivity contribution in [1.82, 2.24) is 0 Å². The minimum absolute atomic E-state index is 0.0138. The van der Waals surface area contributed by atoms with E-state index in [0.29, 0.717) is 0 Å². The summed E-state index contributed by atoms with van der Waals surface area (Å²) in [5.74, 6) is -3.83. The number of aromatic carboxylic acids is 1. The van der Waals surface area contributed by atoms with Crippen molar-refractivity contribution in [2.45, 2.75) is 32.1 Å². The van der Waals surface area contributed by atoms with Gasteiger partial charge in [0.05, 0.1) is 11.3 Å². The molecule has 2 aromatic carbocycles. The average Bonchev–Trinajstić information content (AvgIpc) is 3.11. The highest BCUT2D eigenvalue weighted by Crippen LogP contribution is 2.39. The molecule has 0 bridgehead atoms. The zero-order valence-electron chi connectivity index (χ0n) is 15.5. The van der Waals surface area contributed by atoms with Gasteiger partial charge in [-0.25, -0.2) is 13.6 Å². The SMILES string of the molecule is CC(F)(F)c1ccc2c(-c3ccc(N4CCCCC4)c(C(=O)O)c3)csc2c1. The molecule has 146 valence electrons. The Morgan fingerprint density at radius 3 is 2.54 bits per heavy atom. The number of halogens is 2. The quantitative estimate of drug-likeness (QED) is 0.552. The van der Waals surface area contributed by atoms with Crippen LogP contribution in [0.2, 0.25) is 0 Å². The third-order valence-corrected chi connectivity index (χ3v) is 6.26. The van der Waals surface area contributed by atoms with Crippen molar-refractivity contribution < 1.29 is 18.7 Å². The van der Waals surface area contributed by atoms with Gasteiger partial charge in [0.25, 0.3) is 5.92 Å². The number of fused-ring (bicyclic) bond motifs is 1. The van der Waals surface area contributed by atoms with Crippen molar-refractivity contribution in [2.75, 3.05) is 18.0 Å². The molecule has 1 aliphatic rings. The van der Waals surface area contributed by atoms with Gasteiger partial charge in [-0.15, -0.1) is 11.3 Å². The first-order chi connectivity index (χ1) is 13.3. The zero-order chi connectivity index (χ0) is 19.9. The van der Waals surface area contributed by atoms with Gasteiger partial charge in [-0.2, -0.15) is 0 Å². The molecular weight excluding hydrogens is 380 g/mol. The van der Waals surface area contributed by atoms with Gasteiger partial charge < -0.3 is 10.0 Å². The number of carboxylic acid groups (broad SMARTS) is 1. The number of rotatable bonds is 4. The predicted molar refractivity (Wildman–Crippen MR) is 110 cm³/mol. The standard InChI is InChI=1S/C22H21F2NO2S/c1-22(23,24)15-6-7-16-18(13-28-20(16)12-15)14-5-8-19(17(11-14)21(26)27)25-9-3-2-4-10-25/h5-8,11-13H,2-4,9-10H2,1H3,(H,26,27). The summed E-state index contributed by atoms with van der Waals surface area (Å²) in [7, 11) is 0. The monoisotopic (exact) mass is 401 g/mol. The summed E-state index contributed by atoms with van der Waals surface area (Å²) in [5, 5.41) is 12.5. The number of thiophene rings is 1. The van der Waals surface area contributed by atoms with E-state index in [9.17, 15) is 18.7 Å². The minimum Gasteiger partial charge on any atom is -0.478 e. The Labute approximate surface area is 166 Å². The third kappa shape index (κ3) is 3.49. The predicted octanol–water partition coefficient (Wildman–Crippen LogP) is 6.37. The molecule has 28 heavy (non-hydrogen) atoms. The number of hydrogen-bond donors (Lipinski definition) is 1. The van der Waals surface area contributed by atoms with E-state index in [1.165, 1.54) is 29.9 Å². The molecule has 2 heterocycles. The zero-order valence-corrected chi connectivity index (χ0v) is 16.4. The summed E-state index contributed by atoms with van der Waals surface area (Å²) in [6.07, 6.45) is 3.32. The lowest BCUT2D eigenvalue weighted by molar-refractivity contribution is 0.0176. The molecule has 3 aromatic rings. The molecule has 1 aliphatic heterocycles. The molecule has 6 heteroatoms. The van der Waals surface area contributed by atoms with E-state index in [1.807, 2.05) is 17.5 Å². The minimum atomic E-state index is -2.88. The van der Waals surface area contributed by atoms with Crippen LogP contribution < -0.4 is 4.90 Å². The number of benzene rings is 2. The molecule has 1 fully saturated rings. The van der Waals surface area contributed by atoms with Crippen LogP contribution in [0.25, 0.3) is 21.2 Å². The average molecular weight is 401 g/mol. The van der Waals surface area contributed by atoms with Gasteiger partial charge in [-0.05, 0) is 48.4 Å². The first kappa shape index (κ1) is 18.9. The largest absolute Gasteiger partial charge is 0.478 e. The summed E-state index contributed by atoms with van der Waals surface area (Å²) in [6.45, 7) is 2.63. The van der Waals surface area contributed by atoms with E-state index in [2.05, 4.69) is 4.90 Å². The normalized spacial score (nSPS) is 15.2. The van der Waals surface area contributed by atoms with E-state index in [0.717, 1.165) is 59.8 Å². The Balaban J connectivity index is 1.77. The molecule has 0 radical (unpaired) electrons. The van der Waals surface area contributed by atoms with E-state index in [-0.39, 0.29) is 11.1 Å². The van der Waals surface area contributed by atoms with Crippen molar-refractivity contribution in [1.29, 1.82) is 0 Å². The van der Waals surface area contributed by atoms with Gasteiger partial charge >= 0.3 is 5.97 Å². The Morgan fingerprint density at radius 1 is 1.11 bits per heavy atom. The lowest BCUT2D eigenvalue weighted by Gasteiger charge is -2.30. The fourth-order valence-corrected chi connectivity index (χ4v) is 4.82. The van der Waals surface area contributed by atoms with E-state index < -0.39 is 11.9 Å². The number of anilines is 1. The van der Waals surface area contributed by atoms with Crippen LogP contribution in [-0.4, -0.2) is 24.2 Å². The van der Waals surface area contributed by atoms with Crippen molar-refractivity contribution in [3.63, 3.8) is 0 Å². The first-order valence-corrected chi connectivity index (χ1v) is 10.2. The highest BCUT2D eigenvalue weighted by atomic mass is 32.1. The number of piperidine rings is 1. The van der Waals surface area contributed by atoms with Crippen molar-refractivity contribution in [3.05, 3.63) is 52.9 Å². The Bertz CT molecular complexity index is 1030. The molecule has 0 spiro atoms. The van der Waals surface area contributed by atoms with Gasteiger partial charge in [0, 0.05) is 41.2 Å². The summed E-state index contributed by atoms with van der Waals surface area (Å²) in [6, 6.07) is 10.2. The Morgan fingerprint density at radius 2 is 1.86 bits per heavy atom. The van der Waals surface area contributed by atoms with E-state index >= 15 is 0 Å². The van der Waals surface area contributed by atoms with Crippen LogP contribution >= 0.6 is 11.3 Å². The van der Waals surface area contributed by atoms with Crippen molar-refractivity contribution >= 4 is 33.1 Å². The molecule has 0 unspecified atom stereocenters. The second-order valence-corrected chi connectivity index (χ2v) is 8.24. The molecule has 0 atom stereocenters. The second-order valence-electron chi connectivity index (χ2n) is 7.33. The summed E-state index contributed by atoms with van der Waals surface area (Å²) in [5.41, 5.74) is 2.69. The molecule has 1 N–H and O–H groups in total. The van der Waals surface area contributed by atoms with Crippen LogP contribution in [0.1, 0.15) is 42.1 Å². The maximum atomic E-state index is 13.6. The highest BCUT2D eigenvalue weighted by Gasteiger charge is 2.25.